The van der Waals surface area contributed by atoms with Gasteiger partial charge in [-0.05, 0) is 46.0 Å². The monoisotopic (exact) mass is 185 g/mol. The number of hydrogen-bond donors (Lipinski definition) is 1. The second kappa shape index (κ2) is 3.25. The van der Waals surface area contributed by atoms with Gasteiger partial charge < -0.3 is 5.21 Å². The Bertz CT molecular complexity index is 186. The minimum atomic E-state index is -0.0803. The maximum atomic E-state index is 10.2. The first-order chi connectivity index (χ1) is 5.84. The predicted molar refractivity (Wildman–Crippen MR) is 54.8 cm³/mol. The zero-order valence-electron chi connectivity index (χ0n) is 9.59. The van der Waals surface area contributed by atoms with Gasteiger partial charge in [0.05, 0.1) is 0 Å². The summed E-state index contributed by atoms with van der Waals surface area (Å²) in [5, 5.41) is 11.8. The summed E-state index contributed by atoms with van der Waals surface area (Å²) < 4.78 is 0. The Morgan fingerprint density at radius 2 is 1.92 bits per heavy atom. The van der Waals surface area contributed by atoms with E-state index in [4.69, 9.17) is 0 Å². The Hall–Kier alpha value is -0.0800. The molecule has 1 aliphatic rings. The zero-order valence-corrected chi connectivity index (χ0v) is 9.59. The van der Waals surface area contributed by atoms with Gasteiger partial charge in [0.1, 0.15) is 0 Å². The van der Waals surface area contributed by atoms with Crippen LogP contribution in [0.1, 0.15) is 53.9 Å². The molecule has 1 rings (SSSR count). The third kappa shape index (κ3) is 1.62. The highest BCUT2D eigenvalue weighted by Crippen LogP contribution is 2.41. The van der Waals surface area contributed by atoms with Crippen molar-refractivity contribution in [3.63, 3.8) is 0 Å². The standard InChI is InChI=1S/C11H23NO/c1-6-11(5)8-7-9(2)10(3,4)12(11)13/h9,13H,6-8H2,1-5H3. The zero-order chi connectivity index (χ0) is 10.3. The van der Waals surface area contributed by atoms with Gasteiger partial charge in [0, 0.05) is 11.1 Å². The minimum absolute atomic E-state index is 0.0178. The van der Waals surface area contributed by atoms with E-state index in [0.717, 1.165) is 12.8 Å². The van der Waals surface area contributed by atoms with Gasteiger partial charge in [-0.15, -0.1) is 0 Å². The molecule has 0 amide bonds. The molecule has 0 aliphatic carbocycles. The van der Waals surface area contributed by atoms with Crippen LogP contribution in [0.4, 0.5) is 0 Å². The number of hydrogen-bond acceptors (Lipinski definition) is 2. The first-order valence-electron chi connectivity index (χ1n) is 5.34. The molecule has 0 radical (unpaired) electrons. The molecular weight excluding hydrogens is 162 g/mol. The van der Waals surface area contributed by atoms with E-state index in [1.54, 1.807) is 5.06 Å². The maximum Gasteiger partial charge on any atom is 0.0436 e. The van der Waals surface area contributed by atoms with Crippen molar-refractivity contribution < 1.29 is 5.21 Å². The number of piperidine rings is 1. The molecule has 2 nitrogen and oxygen atoms in total. The lowest BCUT2D eigenvalue weighted by molar-refractivity contribution is -0.262. The summed E-state index contributed by atoms with van der Waals surface area (Å²) in [5.74, 6) is 0.567. The maximum absolute atomic E-state index is 10.2. The summed E-state index contributed by atoms with van der Waals surface area (Å²) in [4.78, 5) is 0. The molecule has 0 aromatic heterocycles. The second-order valence-electron chi connectivity index (χ2n) is 5.26. The quantitative estimate of drug-likeness (QED) is 0.678. The molecule has 78 valence electrons. The largest absolute Gasteiger partial charge is 0.313 e. The van der Waals surface area contributed by atoms with Crippen LogP contribution in [0, 0.1) is 5.92 Å². The smallest absolute Gasteiger partial charge is 0.0436 e. The lowest BCUT2D eigenvalue weighted by atomic mass is 9.73. The SMILES string of the molecule is CCC1(C)CCC(C)C(C)(C)N1O. The van der Waals surface area contributed by atoms with E-state index in [0.29, 0.717) is 5.92 Å². The van der Waals surface area contributed by atoms with Crippen molar-refractivity contribution in [1.82, 2.24) is 5.06 Å². The molecular formula is C11H23NO. The molecule has 13 heavy (non-hydrogen) atoms. The molecule has 1 N–H and O–H groups in total. The summed E-state index contributed by atoms with van der Waals surface area (Å²) in [5.41, 5.74) is -0.0982. The van der Waals surface area contributed by atoms with Crippen molar-refractivity contribution in [1.29, 1.82) is 0 Å². The Balaban J connectivity index is 2.88. The second-order valence-corrected chi connectivity index (χ2v) is 5.26. The van der Waals surface area contributed by atoms with E-state index < -0.39 is 0 Å². The molecule has 0 bridgehead atoms. The van der Waals surface area contributed by atoms with Gasteiger partial charge in [0.15, 0.2) is 0 Å². The van der Waals surface area contributed by atoms with Crippen LogP contribution in [0.25, 0.3) is 0 Å². The Morgan fingerprint density at radius 1 is 1.38 bits per heavy atom. The average Bonchev–Trinajstić information content (AvgIpc) is 2.10. The van der Waals surface area contributed by atoms with Gasteiger partial charge in [-0.1, -0.05) is 13.8 Å². The summed E-state index contributed by atoms with van der Waals surface area (Å²) >= 11 is 0. The van der Waals surface area contributed by atoms with Crippen molar-refractivity contribution in [3.05, 3.63) is 0 Å². The molecule has 0 aromatic carbocycles. The van der Waals surface area contributed by atoms with Crippen LogP contribution in [-0.4, -0.2) is 21.3 Å². The molecule has 2 atom stereocenters. The van der Waals surface area contributed by atoms with E-state index in [1.807, 2.05) is 0 Å². The van der Waals surface area contributed by atoms with E-state index in [2.05, 4.69) is 34.6 Å². The van der Waals surface area contributed by atoms with Crippen LogP contribution in [0.15, 0.2) is 0 Å². The molecule has 0 aromatic rings. The van der Waals surface area contributed by atoms with Gasteiger partial charge in [-0.25, -0.2) is 0 Å². The van der Waals surface area contributed by atoms with E-state index in [9.17, 15) is 5.21 Å². The van der Waals surface area contributed by atoms with Gasteiger partial charge in [-0.2, -0.15) is 5.06 Å². The van der Waals surface area contributed by atoms with Crippen LogP contribution >= 0.6 is 0 Å². The van der Waals surface area contributed by atoms with Gasteiger partial charge >= 0.3 is 0 Å². The van der Waals surface area contributed by atoms with Crippen LogP contribution in [0.2, 0.25) is 0 Å². The average molecular weight is 185 g/mol. The van der Waals surface area contributed by atoms with Crippen molar-refractivity contribution in [2.75, 3.05) is 0 Å². The topological polar surface area (TPSA) is 23.5 Å². The minimum Gasteiger partial charge on any atom is -0.313 e. The first-order valence-corrected chi connectivity index (χ1v) is 5.34. The normalized spacial score (nSPS) is 40.6. The Labute approximate surface area is 81.9 Å². The summed E-state index contributed by atoms with van der Waals surface area (Å²) in [6.07, 6.45) is 3.33. The molecule has 2 heteroatoms. The van der Waals surface area contributed by atoms with Crippen LogP contribution < -0.4 is 0 Å². The molecule has 1 saturated heterocycles. The van der Waals surface area contributed by atoms with E-state index in [-0.39, 0.29) is 11.1 Å². The summed E-state index contributed by atoms with van der Waals surface area (Å²) in [7, 11) is 0. The number of hydroxylamine groups is 2. The lowest BCUT2D eigenvalue weighted by Gasteiger charge is -2.53. The highest BCUT2D eigenvalue weighted by Gasteiger charge is 2.46. The van der Waals surface area contributed by atoms with Crippen molar-refractivity contribution in [2.45, 2.75) is 65.0 Å². The molecule has 2 unspecified atom stereocenters. The third-order valence-corrected chi connectivity index (χ3v) is 4.14. The fourth-order valence-electron chi connectivity index (χ4n) is 2.22. The van der Waals surface area contributed by atoms with Gasteiger partial charge in [0.25, 0.3) is 0 Å². The van der Waals surface area contributed by atoms with Crippen molar-refractivity contribution in [2.24, 2.45) is 5.92 Å². The van der Waals surface area contributed by atoms with Crippen molar-refractivity contribution in [3.8, 4) is 0 Å². The number of rotatable bonds is 1. The molecule has 1 fully saturated rings. The van der Waals surface area contributed by atoms with Crippen LogP contribution in [0.5, 0.6) is 0 Å². The fourth-order valence-corrected chi connectivity index (χ4v) is 2.22. The number of nitrogens with zero attached hydrogens (tertiary/aromatic N) is 1. The van der Waals surface area contributed by atoms with E-state index in [1.165, 1.54) is 6.42 Å². The Morgan fingerprint density at radius 3 is 2.38 bits per heavy atom. The Kier molecular flexibility index (Phi) is 2.75. The summed E-state index contributed by atoms with van der Waals surface area (Å²) in [6.45, 7) is 10.8. The van der Waals surface area contributed by atoms with Crippen LogP contribution in [-0.2, 0) is 0 Å². The highest BCUT2D eigenvalue weighted by molar-refractivity contribution is 4.97. The van der Waals surface area contributed by atoms with Crippen molar-refractivity contribution >= 4 is 0 Å². The fraction of sp³-hybridized carbons (Fsp3) is 1.00. The first kappa shape index (κ1) is 11.0. The molecule has 0 saturated carbocycles. The molecule has 0 spiro atoms. The van der Waals surface area contributed by atoms with Gasteiger partial charge in [-0.3, -0.25) is 0 Å². The highest BCUT2D eigenvalue weighted by atomic mass is 16.5. The van der Waals surface area contributed by atoms with E-state index >= 15 is 0 Å². The lowest BCUT2D eigenvalue weighted by Crippen LogP contribution is -2.61. The molecule has 1 heterocycles. The third-order valence-electron chi connectivity index (χ3n) is 4.14. The van der Waals surface area contributed by atoms with Gasteiger partial charge in [0.2, 0.25) is 0 Å². The predicted octanol–water partition coefficient (Wildman–Crippen LogP) is 3.05. The summed E-state index contributed by atoms with van der Waals surface area (Å²) in [6, 6.07) is 0. The van der Waals surface area contributed by atoms with Crippen LogP contribution in [0.3, 0.4) is 0 Å². The molecule has 1 aliphatic heterocycles.